The largest absolute Gasteiger partial charge is 0.368 e. The Hall–Kier alpha value is -1.33. The Labute approximate surface area is 102 Å². The van der Waals surface area contributed by atoms with Gasteiger partial charge in [0.05, 0.1) is 10.0 Å². The molecule has 0 atom stereocenters. The molecule has 2 heterocycles. The molecule has 0 aliphatic rings. The molecule has 0 bridgehead atoms. The van der Waals surface area contributed by atoms with Crippen LogP contribution in [0.2, 0.25) is 10.0 Å². The van der Waals surface area contributed by atoms with Crippen LogP contribution in [-0.4, -0.2) is 21.7 Å². The van der Waals surface area contributed by atoms with E-state index in [9.17, 15) is 0 Å². The van der Waals surface area contributed by atoms with Crippen LogP contribution in [0.25, 0.3) is 0 Å². The maximum Gasteiger partial charge on any atom is 0.228 e. The van der Waals surface area contributed by atoms with Crippen molar-refractivity contribution in [1.29, 1.82) is 0 Å². The van der Waals surface area contributed by atoms with Gasteiger partial charge in [-0.05, 0) is 6.07 Å². The molecule has 0 unspecified atom stereocenters. The van der Waals surface area contributed by atoms with E-state index in [1.165, 1.54) is 12.5 Å². The van der Waals surface area contributed by atoms with Crippen LogP contribution < -0.4 is 5.32 Å². The fraction of sp³-hybridized carbons (Fsp3) is 0.222. The summed E-state index contributed by atoms with van der Waals surface area (Å²) in [5.74, 6) is 1.16. The van der Waals surface area contributed by atoms with Crippen molar-refractivity contribution in [3.05, 3.63) is 34.5 Å². The molecule has 84 valence electrons. The van der Waals surface area contributed by atoms with Gasteiger partial charge >= 0.3 is 0 Å². The van der Waals surface area contributed by atoms with E-state index >= 15 is 0 Å². The molecule has 0 radical (unpaired) electrons. The number of halogens is 2. The lowest BCUT2D eigenvalue weighted by Crippen LogP contribution is -2.06. The Balaban J connectivity index is 1.90. The van der Waals surface area contributed by atoms with E-state index in [1.807, 2.05) is 0 Å². The van der Waals surface area contributed by atoms with Gasteiger partial charge in [-0.25, -0.2) is 4.98 Å². The number of rotatable bonds is 4. The molecule has 2 rings (SSSR count). The highest BCUT2D eigenvalue weighted by Gasteiger charge is 2.03. The molecule has 0 spiro atoms. The van der Waals surface area contributed by atoms with Crippen molar-refractivity contribution in [3.8, 4) is 0 Å². The number of hydrogen-bond acceptors (Lipinski definition) is 5. The average Bonchev–Trinajstić information content (AvgIpc) is 2.74. The quantitative estimate of drug-likeness (QED) is 0.913. The topological polar surface area (TPSA) is 63.8 Å². The van der Waals surface area contributed by atoms with Gasteiger partial charge in [0, 0.05) is 19.2 Å². The van der Waals surface area contributed by atoms with Crippen LogP contribution in [0.1, 0.15) is 5.89 Å². The first-order chi connectivity index (χ1) is 7.75. The van der Waals surface area contributed by atoms with Crippen molar-refractivity contribution in [2.45, 2.75) is 6.42 Å². The van der Waals surface area contributed by atoms with Gasteiger partial charge in [0.2, 0.25) is 5.89 Å². The molecule has 2 aromatic heterocycles. The molecule has 0 amide bonds. The van der Waals surface area contributed by atoms with Crippen molar-refractivity contribution >= 4 is 29.0 Å². The zero-order chi connectivity index (χ0) is 11.4. The van der Waals surface area contributed by atoms with E-state index in [0.717, 1.165) is 0 Å². The van der Waals surface area contributed by atoms with Crippen molar-refractivity contribution in [2.24, 2.45) is 0 Å². The van der Waals surface area contributed by atoms with Crippen LogP contribution in [0.15, 0.2) is 23.1 Å². The molecule has 16 heavy (non-hydrogen) atoms. The fourth-order valence-corrected chi connectivity index (χ4v) is 1.59. The van der Waals surface area contributed by atoms with Gasteiger partial charge in [0.1, 0.15) is 5.82 Å². The molecule has 7 heteroatoms. The lowest BCUT2D eigenvalue weighted by atomic mass is 10.4. The molecule has 0 aliphatic heterocycles. The molecular weight excluding hydrogens is 251 g/mol. The first-order valence-electron chi connectivity index (χ1n) is 4.56. The maximum absolute atomic E-state index is 5.93. The minimum atomic E-state index is 0.484. The zero-order valence-corrected chi connectivity index (χ0v) is 9.66. The van der Waals surface area contributed by atoms with Gasteiger partial charge in [-0.3, -0.25) is 0 Å². The normalized spacial score (nSPS) is 10.4. The number of anilines is 1. The van der Waals surface area contributed by atoms with Crippen molar-refractivity contribution in [3.63, 3.8) is 0 Å². The van der Waals surface area contributed by atoms with Crippen LogP contribution in [0.3, 0.4) is 0 Å². The number of aromatic nitrogens is 3. The van der Waals surface area contributed by atoms with Gasteiger partial charge in [0.15, 0.2) is 6.33 Å². The Kier molecular flexibility index (Phi) is 3.58. The highest BCUT2D eigenvalue weighted by Crippen LogP contribution is 2.22. The van der Waals surface area contributed by atoms with E-state index in [1.54, 1.807) is 6.07 Å². The predicted molar refractivity (Wildman–Crippen MR) is 60.7 cm³/mol. The van der Waals surface area contributed by atoms with Crippen LogP contribution in [-0.2, 0) is 6.42 Å². The summed E-state index contributed by atoms with van der Waals surface area (Å²) in [6.45, 7) is 0.608. The first-order valence-corrected chi connectivity index (χ1v) is 5.32. The van der Waals surface area contributed by atoms with Gasteiger partial charge in [0.25, 0.3) is 0 Å². The van der Waals surface area contributed by atoms with Crippen molar-refractivity contribution in [1.82, 2.24) is 15.1 Å². The van der Waals surface area contributed by atoms with Crippen LogP contribution in [0.5, 0.6) is 0 Å². The van der Waals surface area contributed by atoms with E-state index < -0.39 is 0 Å². The average molecular weight is 259 g/mol. The summed E-state index contributed by atoms with van der Waals surface area (Å²) >= 11 is 11.7. The molecule has 0 fully saturated rings. The Morgan fingerprint density at radius 3 is 2.88 bits per heavy atom. The second kappa shape index (κ2) is 5.14. The number of nitrogens with zero attached hydrogens (tertiary/aromatic N) is 3. The maximum atomic E-state index is 5.93. The Morgan fingerprint density at radius 1 is 1.31 bits per heavy atom. The van der Waals surface area contributed by atoms with Crippen LogP contribution in [0.4, 0.5) is 5.82 Å². The van der Waals surface area contributed by atoms with Gasteiger partial charge in [-0.15, -0.1) is 0 Å². The summed E-state index contributed by atoms with van der Waals surface area (Å²) in [7, 11) is 0. The highest BCUT2D eigenvalue weighted by molar-refractivity contribution is 6.35. The SMILES string of the molecule is Clc1cnc(NCCc2ncno2)c(Cl)c1. The van der Waals surface area contributed by atoms with Crippen molar-refractivity contribution < 1.29 is 4.52 Å². The first kappa shape index (κ1) is 11.2. The lowest BCUT2D eigenvalue weighted by molar-refractivity contribution is 0.379. The van der Waals surface area contributed by atoms with Gasteiger partial charge in [-0.1, -0.05) is 28.4 Å². The third-order valence-corrected chi connectivity index (χ3v) is 2.34. The molecule has 0 saturated carbocycles. The third kappa shape index (κ3) is 2.84. The van der Waals surface area contributed by atoms with E-state index in [2.05, 4.69) is 20.4 Å². The second-order valence-corrected chi connectivity index (χ2v) is 3.84. The zero-order valence-electron chi connectivity index (χ0n) is 8.15. The summed E-state index contributed by atoms with van der Waals surface area (Å²) in [6, 6.07) is 1.63. The van der Waals surface area contributed by atoms with Crippen LogP contribution >= 0.6 is 23.2 Å². The molecule has 0 saturated heterocycles. The standard InChI is InChI=1S/C9H8Cl2N4O/c10-6-3-7(11)9(13-4-6)12-2-1-8-14-5-15-16-8/h3-5H,1-2H2,(H,12,13). The van der Waals surface area contributed by atoms with Crippen molar-refractivity contribution in [2.75, 3.05) is 11.9 Å². The molecule has 0 aliphatic carbocycles. The van der Waals surface area contributed by atoms with Gasteiger partial charge < -0.3 is 9.84 Å². The monoisotopic (exact) mass is 258 g/mol. The fourth-order valence-electron chi connectivity index (χ4n) is 1.14. The van der Waals surface area contributed by atoms with E-state index in [0.29, 0.717) is 34.7 Å². The minimum absolute atomic E-state index is 0.484. The summed E-state index contributed by atoms with van der Waals surface area (Å²) in [5, 5.41) is 7.54. The Bertz CT molecular complexity index is 461. The van der Waals surface area contributed by atoms with E-state index in [-0.39, 0.29) is 0 Å². The molecule has 2 aromatic rings. The second-order valence-electron chi connectivity index (χ2n) is 3.00. The number of hydrogen-bond donors (Lipinski definition) is 1. The van der Waals surface area contributed by atoms with Crippen LogP contribution in [0, 0.1) is 0 Å². The third-order valence-electron chi connectivity index (χ3n) is 1.85. The Morgan fingerprint density at radius 2 is 2.19 bits per heavy atom. The highest BCUT2D eigenvalue weighted by atomic mass is 35.5. The predicted octanol–water partition coefficient (Wildman–Crippen LogP) is 2.43. The smallest absolute Gasteiger partial charge is 0.228 e. The number of nitrogens with one attached hydrogen (secondary N) is 1. The molecular formula is C9H8Cl2N4O. The van der Waals surface area contributed by atoms with E-state index in [4.69, 9.17) is 27.7 Å². The molecule has 1 N–H and O–H groups in total. The summed E-state index contributed by atoms with van der Waals surface area (Å²) in [6.07, 6.45) is 3.51. The summed E-state index contributed by atoms with van der Waals surface area (Å²) in [4.78, 5) is 7.95. The van der Waals surface area contributed by atoms with Gasteiger partial charge in [-0.2, -0.15) is 4.98 Å². The number of pyridine rings is 1. The minimum Gasteiger partial charge on any atom is -0.368 e. The molecule has 5 nitrogen and oxygen atoms in total. The summed E-state index contributed by atoms with van der Waals surface area (Å²) < 4.78 is 4.85. The molecule has 0 aromatic carbocycles. The summed E-state index contributed by atoms with van der Waals surface area (Å²) in [5.41, 5.74) is 0. The lowest BCUT2D eigenvalue weighted by Gasteiger charge is -2.05.